The minimum absolute atomic E-state index is 0.176. The normalized spacial score (nSPS) is 17.4. The molecule has 0 spiro atoms. The van der Waals surface area contributed by atoms with Gasteiger partial charge < -0.3 is 15.3 Å². The number of hydrogen-bond donors (Lipinski definition) is 2. The molecule has 2 unspecified atom stereocenters. The Morgan fingerprint density at radius 2 is 2.00 bits per heavy atom. The summed E-state index contributed by atoms with van der Waals surface area (Å²) in [5, 5.41) is 12.2. The van der Waals surface area contributed by atoms with Crippen LogP contribution in [0.25, 0.3) is 0 Å². The molecule has 62 valence electrons. The Balaban J connectivity index is 3.60. The van der Waals surface area contributed by atoms with Crippen LogP contribution in [0.2, 0.25) is 0 Å². The summed E-state index contributed by atoms with van der Waals surface area (Å²) in [4.78, 5) is 2.05. The largest absolute Gasteiger partial charge is 0.392 e. The lowest BCUT2D eigenvalue weighted by atomic mass is 10.2. The van der Waals surface area contributed by atoms with Gasteiger partial charge in [-0.1, -0.05) is 0 Å². The first-order valence-electron chi connectivity index (χ1n) is 3.58. The molecular formula is C7H18N2O. The summed E-state index contributed by atoms with van der Waals surface area (Å²) >= 11 is 0. The third-order valence-electron chi connectivity index (χ3n) is 1.51. The highest BCUT2D eigenvalue weighted by molar-refractivity contribution is 4.72. The molecule has 0 bridgehead atoms. The van der Waals surface area contributed by atoms with Crippen molar-refractivity contribution in [1.29, 1.82) is 0 Å². The van der Waals surface area contributed by atoms with Crippen LogP contribution in [-0.4, -0.2) is 49.8 Å². The molecule has 2 N–H and O–H groups in total. The Kier molecular flexibility index (Phi) is 4.60. The smallest absolute Gasteiger partial charge is 0.0677 e. The van der Waals surface area contributed by atoms with E-state index in [1.807, 2.05) is 26.0 Å². The van der Waals surface area contributed by atoms with Crippen LogP contribution in [0.5, 0.6) is 0 Å². The van der Waals surface area contributed by atoms with Gasteiger partial charge >= 0.3 is 0 Å². The number of aliphatic hydroxyl groups excluding tert-OH is 1. The van der Waals surface area contributed by atoms with Crippen LogP contribution in [0.3, 0.4) is 0 Å². The monoisotopic (exact) mass is 146 g/mol. The third kappa shape index (κ3) is 3.82. The maximum atomic E-state index is 9.17. The predicted octanol–water partition coefficient (Wildman–Crippen LogP) is -0.483. The van der Waals surface area contributed by atoms with Gasteiger partial charge in [-0.3, -0.25) is 0 Å². The zero-order valence-electron chi connectivity index (χ0n) is 7.26. The van der Waals surface area contributed by atoms with Crippen molar-refractivity contribution in [3.8, 4) is 0 Å². The molecule has 0 rings (SSSR count). The van der Waals surface area contributed by atoms with E-state index in [-0.39, 0.29) is 12.1 Å². The molecule has 0 aromatic carbocycles. The van der Waals surface area contributed by atoms with E-state index in [2.05, 4.69) is 5.32 Å². The quantitative estimate of drug-likeness (QED) is 0.562. The minimum Gasteiger partial charge on any atom is -0.392 e. The summed E-state index contributed by atoms with van der Waals surface area (Å²) in [5.74, 6) is 0. The van der Waals surface area contributed by atoms with Gasteiger partial charge in [0.15, 0.2) is 0 Å². The average Bonchev–Trinajstić information content (AvgIpc) is 1.81. The van der Waals surface area contributed by atoms with Gasteiger partial charge in [0.25, 0.3) is 0 Å². The summed E-state index contributed by atoms with van der Waals surface area (Å²) in [5.41, 5.74) is 0. The first-order chi connectivity index (χ1) is 4.57. The fourth-order valence-corrected chi connectivity index (χ4v) is 0.878. The number of nitrogens with one attached hydrogen (secondary N) is 1. The van der Waals surface area contributed by atoms with Crippen LogP contribution in [0, 0.1) is 0 Å². The second kappa shape index (κ2) is 4.66. The lowest BCUT2D eigenvalue weighted by Gasteiger charge is -2.22. The van der Waals surface area contributed by atoms with Crippen molar-refractivity contribution in [2.24, 2.45) is 0 Å². The van der Waals surface area contributed by atoms with E-state index >= 15 is 0 Å². The summed E-state index contributed by atoms with van der Waals surface area (Å²) < 4.78 is 0. The number of hydrogen-bond acceptors (Lipinski definition) is 3. The fourth-order valence-electron chi connectivity index (χ4n) is 0.878. The molecule has 0 amide bonds. The van der Waals surface area contributed by atoms with Crippen molar-refractivity contribution >= 4 is 0 Å². The van der Waals surface area contributed by atoms with Crippen molar-refractivity contribution in [2.45, 2.75) is 19.1 Å². The maximum Gasteiger partial charge on any atom is 0.0677 e. The molecule has 0 fully saturated rings. The van der Waals surface area contributed by atoms with Crippen LogP contribution >= 0.6 is 0 Å². The number of likely N-dealkylation sites (N-methyl/N-ethyl adjacent to an activating group) is 2. The Morgan fingerprint density at radius 1 is 1.50 bits per heavy atom. The van der Waals surface area contributed by atoms with Gasteiger partial charge in [-0.25, -0.2) is 0 Å². The van der Waals surface area contributed by atoms with Crippen molar-refractivity contribution in [2.75, 3.05) is 27.7 Å². The maximum absolute atomic E-state index is 9.17. The third-order valence-corrected chi connectivity index (χ3v) is 1.51. The molecule has 0 saturated heterocycles. The van der Waals surface area contributed by atoms with Crippen LogP contribution in [0.4, 0.5) is 0 Å². The second-order valence-corrected chi connectivity index (χ2v) is 2.90. The van der Waals surface area contributed by atoms with E-state index in [0.29, 0.717) is 0 Å². The topological polar surface area (TPSA) is 35.5 Å². The number of nitrogens with zero attached hydrogens (tertiary/aromatic N) is 1. The predicted molar refractivity (Wildman–Crippen MR) is 43.1 cm³/mol. The molecule has 0 aliphatic heterocycles. The van der Waals surface area contributed by atoms with Crippen LogP contribution in [0.1, 0.15) is 6.92 Å². The molecule has 3 nitrogen and oxygen atoms in total. The number of rotatable bonds is 4. The van der Waals surface area contributed by atoms with Gasteiger partial charge in [0.1, 0.15) is 0 Å². The standard InChI is InChI=1S/C7H18N2O/c1-6(10)7(8-2)5-9(3)4/h6-8,10H,5H2,1-4H3. The molecule has 0 heterocycles. The first-order valence-corrected chi connectivity index (χ1v) is 3.58. The SMILES string of the molecule is CNC(CN(C)C)C(C)O. The van der Waals surface area contributed by atoms with Gasteiger partial charge in [0.05, 0.1) is 6.10 Å². The molecule has 3 heteroatoms. The van der Waals surface area contributed by atoms with E-state index < -0.39 is 0 Å². The van der Waals surface area contributed by atoms with Gasteiger partial charge in [-0.05, 0) is 28.1 Å². The highest BCUT2D eigenvalue weighted by Gasteiger charge is 2.12. The molecule has 0 radical (unpaired) electrons. The van der Waals surface area contributed by atoms with Crippen molar-refractivity contribution < 1.29 is 5.11 Å². The zero-order valence-corrected chi connectivity index (χ0v) is 7.26. The molecule has 2 atom stereocenters. The van der Waals surface area contributed by atoms with Crippen molar-refractivity contribution in [1.82, 2.24) is 10.2 Å². The van der Waals surface area contributed by atoms with E-state index in [1.165, 1.54) is 0 Å². The van der Waals surface area contributed by atoms with Gasteiger partial charge in [0, 0.05) is 12.6 Å². The summed E-state index contributed by atoms with van der Waals surface area (Å²) in [6.45, 7) is 2.67. The molecule has 0 aromatic rings. The molecule has 0 aromatic heterocycles. The van der Waals surface area contributed by atoms with E-state index in [4.69, 9.17) is 0 Å². The summed E-state index contributed by atoms with van der Waals surface area (Å²) in [6.07, 6.45) is -0.285. The second-order valence-electron chi connectivity index (χ2n) is 2.90. The van der Waals surface area contributed by atoms with Crippen molar-refractivity contribution in [3.63, 3.8) is 0 Å². The van der Waals surface area contributed by atoms with Gasteiger partial charge in [-0.15, -0.1) is 0 Å². The lowest BCUT2D eigenvalue weighted by molar-refractivity contribution is 0.132. The molecular weight excluding hydrogens is 128 g/mol. The molecule has 0 saturated carbocycles. The Morgan fingerprint density at radius 3 is 2.10 bits per heavy atom. The Labute approximate surface area is 63.0 Å². The van der Waals surface area contributed by atoms with Gasteiger partial charge in [-0.2, -0.15) is 0 Å². The van der Waals surface area contributed by atoms with Gasteiger partial charge in [0.2, 0.25) is 0 Å². The van der Waals surface area contributed by atoms with Crippen LogP contribution in [-0.2, 0) is 0 Å². The van der Waals surface area contributed by atoms with E-state index in [0.717, 1.165) is 6.54 Å². The molecule has 10 heavy (non-hydrogen) atoms. The summed E-state index contributed by atoms with van der Waals surface area (Å²) in [6, 6.07) is 0.176. The minimum atomic E-state index is -0.285. The summed E-state index contributed by atoms with van der Waals surface area (Å²) in [7, 11) is 5.85. The lowest BCUT2D eigenvalue weighted by Crippen LogP contribution is -2.43. The first kappa shape index (κ1) is 9.88. The Bertz CT molecular complexity index is 83.7. The highest BCUT2D eigenvalue weighted by atomic mass is 16.3. The van der Waals surface area contributed by atoms with Crippen molar-refractivity contribution in [3.05, 3.63) is 0 Å². The van der Waals surface area contributed by atoms with Crippen LogP contribution < -0.4 is 5.32 Å². The highest BCUT2D eigenvalue weighted by Crippen LogP contribution is 1.92. The Hall–Kier alpha value is -0.120. The van der Waals surface area contributed by atoms with Crippen LogP contribution in [0.15, 0.2) is 0 Å². The van der Waals surface area contributed by atoms with E-state index in [1.54, 1.807) is 6.92 Å². The molecule has 0 aliphatic carbocycles. The van der Waals surface area contributed by atoms with E-state index in [9.17, 15) is 5.11 Å². The fraction of sp³-hybridized carbons (Fsp3) is 1.00. The molecule has 0 aliphatic rings. The average molecular weight is 146 g/mol. The zero-order chi connectivity index (χ0) is 8.15. The number of aliphatic hydroxyl groups is 1.